The number of aromatic nitrogens is 3. The van der Waals surface area contributed by atoms with E-state index in [0.717, 1.165) is 27.9 Å². The largest absolute Gasteiger partial charge is 0.350 e. The third-order valence-corrected chi connectivity index (χ3v) is 5.81. The van der Waals surface area contributed by atoms with Gasteiger partial charge in [-0.05, 0) is 49.2 Å². The summed E-state index contributed by atoms with van der Waals surface area (Å²) in [6.07, 6.45) is 1.62. The molecule has 0 aliphatic carbocycles. The third kappa shape index (κ3) is 4.43. The number of nitrogens with zero attached hydrogens (tertiary/aromatic N) is 3. The number of fused-ring (bicyclic) bond motifs is 1. The molecule has 164 valence electrons. The third-order valence-electron chi connectivity index (χ3n) is 5.56. The van der Waals surface area contributed by atoms with Gasteiger partial charge in [0.2, 0.25) is 5.91 Å². The zero-order valence-corrected chi connectivity index (χ0v) is 18.5. The highest BCUT2D eigenvalue weighted by molar-refractivity contribution is 6.30. The van der Waals surface area contributed by atoms with Gasteiger partial charge in [0.15, 0.2) is 0 Å². The Morgan fingerprint density at radius 1 is 1.03 bits per heavy atom. The van der Waals surface area contributed by atoms with Crippen molar-refractivity contribution >= 4 is 28.3 Å². The maximum absolute atomic E-state index is 13.2. The van der Waals surface area contributed by atoms with E-state index in [4.69, 9.17) is 11.6 Å². The quantitative estimate of drug-likeness (QED) is 0.481. The predicted octanol–water partition coefficient (Wildman–Crippen LogP) is 3.97. The van der Waals surface area contributed by atoms with E-state index < -0.39 is 0 Å². The molecule has 0 saturated carbocycles. The fraction of sp³-hybridized carbons (Fsp3) is 0.208. The van der Waals surface area contributed by atoms with Gasteiger partial charge >= 0.3 is 0 Å². The molecule has 2 aromatic heterocycles. The number of nitrogens with one attached hydrogen (secondary N) is 1. The average molecular weight is 453 g/mol. The molecule has 0 bridgehead atoms. The molecule has 0 saturated heterocycles. The van der Waals surface area contributed by atoms with E-state index in [2.05, 4.69) is 10.4 Å². The van der Waals surface area contributed by atoms with Crippen molar-refractivity contribution in [3.63, 3.8) is 0 Å². The van der Waals surface area contributed by atoms with Crippen molar-refractivity contribution in [3.05, 3.63) is 98.4 Å². The van der Waals surface area contributed by atoms with E-state index in [0.29, 0.717) is 23.5 Å². The van der Waals surface area contributed by atoms with Gasteiger partial charge in [0, 0.05) is 34.9 Å². The summed E-state index contributed by atoms with van der Waals surface area (Å²) < 4.78 is 16.4. The number of rotatable bonds is 6. The second-order valence-corrected chi connectivity index (χ2v) is 8.12. The number of halogens is 2. The van der Waals surface area contributed by atoms with Gasteiger partial charge in [-0.1, -0.05) is 35.9 Å². The summed E-state index contributed by atoms with van der Waals surface area (Å²) in [5.41, 5.74) is 3.19. The summed E-state index contributed by atoms with van der Waals surface area (Å²) in [5.74, 6) is -0.602. The highest BCUT2D eigenvalue weighted by atomic mass is 35.5. The van der Waals surface area contributed by atoms with E-state index in [9.17, 15) is 14.0 Å². The van der Waals surface area contributed by atoms with E-state index in [1.54, 1.807) is 30.5 Å². The SMILES string of the molecule is Cc1c2cnn(CC(=O)NCc3ccc(Cl)cc3)c(=O)c2c(C)n1Cc1ccc(F)cc1. The average Bonchev–Trinajstić information content (AvgIpc) is 3.02. The number of carbonyl (C=O) groups excluding carboxylic acids is 1. The molecule has 2 aromatic carbocycles. The molecular weight excluding hydrogens is 431 g/mol. The Morgan fingerprint density at radius 3 is 2.38 bits per heavy atom. The van der Waals surface area contributed by atoms with E-state index in [1.165, 1.54) is 16.8 Å². The van der Waals surface area contributed by atoms with Gasteiger partial charge in [0.25, 0.3) is 5.56 Å². The Labute approximate surface area is 189 Å². The van der Waals surface area contributed by atoms with Crippen LogP contribution in [0.15, 0.2) is 59.5 Å². The first-order valence-corrected chi connectivity index (χ1v) is 10.5. The fourth-order valence-electron chi connectivity index (χ4n) is 3.76. The van der Waals surface area contributed by atoms with Crippen LogP contribution in [-0.4, -0.2) is 20.3 Å². The second-order valence-electron chi connectivity index (χ2n) is 7.68. The zero-order chi connectivity index (χ0) is 22.8. The van der Waals surface area contributed by atoms with Crippen molar-refractivity contribution < 1.29 is 9.18 Å². The lowest BCUT2D eigenvalue weighted by molar-refractivity contribution is -0.122. The minimum atomic E-state index is -0.317. The molecule has 32 heavy (non-hydrogen) atoms. The number of benzene rings is 2. The minimum Gasteiger partial charge on any atom is -0.350 e. The van der Waals surface area contributed by atoms with E-state index in [1.807, 2.05) is 30.5 Å². The summed E-state index contributed by atoms with van der Waals surface area (Å²) in [7, 11) is 0. The van der Waals surface area contributed by atoms with Crippen molar-refractivity contribution in [3.8, 4) is 0 Å². The first kappa shape index (κ1) is 21.8. The Hall–Kier alpha value is -3.45. The molecule has 4 rings (SSSR count). The molecule has 8 heteroatoms. The van der Waals surface area contributed by atoms with Crippen LogP contribution in [0.1, 0.15) is 22.5 Å². The van der Waals surface area contributed by atoms with Crippen LogP contribution < -0.4 is 10.9 Å². The first-order chi connectivity index (χ1) is 15.3. The van der Waals surface area contributed by atoms with Crippen molar-refractivity contribution in [1.29, 1.82) is 0 Å². The number of hydrogen-bond acceptors (Lipinski definition) is 3. The molecule has 0 unspecified atom stereocenters. The first-order valence-electron chi connectivity index (χ1n) is 10.1. The van der Waals surface area contributed by atoms with Crippen molar-refractivity contribution in [2.75, 3.05) is 0 Å². The van der Waals surface area contributed by atoms with Gasteiger partial charge in [-0.2, -0.15) is 5.10 Å². The van der Waals surface area contributed by atoms with Gasteiger partial charge in [0.05, 0.1) is 11.6 Å². The van der Waals surface area contributed by atoms with Crippen LogP contribution >= 0.6 is 11.6 Å². The molecule has 0 aliphatic rings. The highest BCUT2D eigenvalue weighted by Gasteiger charge is 2.17. The Bertz CT molecular complexity index is 1340. The summed E-state index contributed by atoms with van der Waals surface area (Å²) >= 11 is 5.87. The Kier molecular flexibility index (Phi) is 6.10. The Morgan fingerprint density at radius 2 is 1.69 bits per heavy atom. The summed E-state index contributed by atoms with van der Waals surface area (Å²) in [4.78, 5) is 25.5. The van der Waals surface area contributed by atoms with Gasteiger partial charge in [-0.3, -0.25) is 9.59 Å². The number of aryl methyl sites for hydroxylation is 2. The standard InChI is InChI=1S/C24H22ClFN4O2/c1-15-21-12-28-30(14-22(31)27-11-17-3-7-19(25)8-4-17)24(32)23(21)16(2)29(15)13-18-5-9-20(26)10-6-18/h3-10,12H,11,13-14H2,1-2H3,(H,27,31). The maximum Gasteiger partial charge on any atom is 0.276 e. The molecule has 0 aliphatic heterocycles. The van der Waals surface area contributed by atoms with E-state index >= 15 is 0 Å². The van der Waals surface area contributed by atoms with E-state index in [-0.39, 0.29) is 23.8 Å². The lowest BCUT2D eigenvalue weighted by Gasteiger charge is -2.09. The van der Waals surface area contributed by atoms with Gasteiger partial charge in [-0.15, -0.1) is 0 Å². The highest BCUT2D eigenvalue weighted by Crippen LogP contribution is 2.23. The molecule has 6 nitrogen and oxygen atoms in total. The molecule has 1 amide bonds. The Balaban J connectivity index is 1.56. The van der Waals surface area contributed by atoms with Crippen molar-refractivity contribution in [2.45, 2.75) is 33.5 Å². The van der Waals surface area contributed by atoms with Crippen LogP contribution in [0, 0.1) is 19.7 Å². The molecule has 0 fully saturated rings. The summed E-state index contributed by atoms with van der Waals surface area (Å²) in [5, 5.41) is 8.90. The van der Waals surface area contributed by atoms with Crippen LogP contribution in [0.4, 0.5) is 4.39 Å². The van der Waals surface area contributed by atoms with Crippen molar-refractivity contribution in [1.82, 2.24) is 19.7 Å². The van der Waals surface area contributed by atoms with Crippen molar-refractivity contribution in [2.24, 2.45) is 0 Å². The minimum absolute atomic E-state index is 0.177. The van der Waals surface area contributed by atoms with Gasteiger partial charge in [0.1, 0.15) is 12.4 Å². The number of amides is 1. The molecule has 1 N–H and O–H groups in total. The number of hydrogen-bond donors (Lipinski definition) is 1. The molecule has 0 atom stereocenters. The molecule has 0 radical (unpaired) electrons. The zero-order valence-electron chi connectivity index (χ0n) is 17.7. The lowest BCUT2D eigenvalue weighted by atomic mass is 10.2. The summed E-state index contributed by atoms with van der Waals surface area (Å²) in [6.45, 7) is 4.45. The van der Waals surface area contributed by atoms with Gasteiger partial charge < -0.3 is 9.88 Å². The van der Waals surface area contributed by atoms with Crippen LogP contribution in [0.2, 0.25) is 5.02 Å². The van der Waals surface area contributed by atoms with Crippen LogP contribution in [0.3, 0.4) is 0 Å². The maximum atomic E-state index is 13.2. The van der Waals surface area contributed by atoms with Gasteiger partial charge in [-0.25, -0.2) is 9.07 Å². The normalized spacial score (nSPS) is 11.1. The predicted molar refractivity (Wildman–Crippen MR) is 122 cm³/mol. The number of carbonyl (C=O) groups is 1. The van der Waals surface area contributed by atoms with Crippen LogP contribution in [-0.2, 0) is 24.4 Å². The summed E-state index contributed by atoms with van der Waals surface area (Å²) in [6, 6.07) is 13.4. The molecule has 2 heterocycles. The molecule has 0 spiro atoms. The topological polar surface area (TPSA) is 68.9 Å². The molecule has 4 aromatic rings. The second kappa shape index (κ2) is 8.96. The van der Waals surface area contributed by atoms with Crippen LogP contribution in [0.5, 0.6) is 0 Å². The smallest absolute Gasteiger partial charge is 0.276 e. The lowest BCUT2D eigenvalue weighted by Crippen LogP contribution is -2.33. The molecular formula is C24H22ClFN4O2. The van der Waals surface area contributed by atoms with Crippen LogP contribution in [0.25, 0.3) is 10.8 Å². The fourth-order valence-corrected chi connectivity index (χ4v) is 3.89. The monoisotopic (exact) mass is 452 g/mol.